The van der Waals surface area contributed by atoms with Crippen molar-refractivity contribution in [2.24, 2.45) is 5.92 Å². The minimum Gasteiger partial charge on any atom is -0.444 e. The van der Waals surface area contributed by atoms with Crippen LogP contribution in [0.25, 0.3) is 0 Å². The van der Waals surface area contributed by atoms with E-state index in [1.54, 1.807) is 25.7 Å². The van der Waals surface area contributed by atoms with Crippen LogP contribution in [-0.2, 0) is 20.9 Å². The second kappa shape index (κ2) is 13.1. The van der Waals surface area contributed by atoms with E-state index < -0.39 is 23.8 Å². The summed E-state index contributed by atoms with van der Waals surface area (Å²) in [5, 5.41) is 5.75. The highest BCUT2D eigenvalue weighted by Gasteiger charge is 2.37. The number of carbonyl (C=O) groups excluding carboxylic acids is 3. The molecule has 0 aliphatic heterocycles. The molecule has 0 heterocycles. The first-order valence-corrected chi connectivity index (χ1v) is 12.6. The van der Waals surface area contributed by atoms with Crippen LogP contribution in [0, 0.1) is 12.8 Å². The largest absolute Gasteiger partial charge is 0.444 e. The minimum atomic E-state index is -0.847. The van der Waals surface area contributed by atoms with Gasteiger partial charge < -0.3 is 20.3 Å². The van der Waals surface area contributed by atoms with E-state index in [4.69, 9.17) is 4.74 Å². The van der Waals surface area contributed by atoms with Gasteiger partial charge >= 0.3 is 6.09 Å². The number of amides is 3. The fourth-order valence-electron chi connectivity index (χ4n) is 3.93. The predicted octanol–water partition coefficient (Wildman–Crippen LogP) is 5.14. The summed E-state index contributed by atoms with van der Waals surface area (Å²) in [6.07, 6.45) is -0.0105. The first-order valence-electron chi connectivity index (χ1n) is 12.6. The molecule has 2 aromatic rings. The van der Waals surface area contributed by atoms with E-state index in [9.17, 15) is 14.4 Å². The van der Waals surface area contributed by atoms with E-state index in [0.29, 0.717) is 19.5 Å². The van der Waals surface area contributed by atoms with E-state index in [2.05, 4.69) is 10.6 Å². The Hall–Kier alpha value is -3.35. The second-order valence-electron chi connectivity index (χ2n) is 10.4. The molecule has 0 radical (unpaired) electrons. The third-order valence-corrected chi connectivity index (χ3v) is 5.58. The molecule has 2 atom stereocenters. The molecule has 7 heteroatoms. The van der Waals surface area contributed by atoms with Crippen LogP contribution in [0.1, 0.15) is 70.7 Å². The summed E-state index contributed by atoms with van der Waals surface area (Å²) in [6, 6.07) is 15.6. The highest BCUT2D eigenvalue weighted by Crippen LogP contribution is 2.25. The quantitative estimate of drug-likeness (QED) is 0.478. The molecule has 0 aliphatic rings. The minimum absolute atomic E-state index is 0.213. The molecule has 2 rings (SSSR count). The lowest BCUT2D eigenvalue weighted by molar-refractivity contribution is -0.143. The van der Waals surface area contributed by atoms with Crippen LogP contribution in [-0.4, -0.2) is 41.0 Å². The average Bonchev–Trinajstić information content (AvgIpc) is 2.80. The van der Waals surface area contributed by atoms with Gasteiger partial charge in [0.25, 0.3) is 0 Å². The lowest BCUT2D eigenvalue weighted by Crippen LogP contribution is -2.55. The standard InChI is InChI=1S/C29H41N3O4/c1-8-17-32(27(34)24(20(2)3)31-28(35)36-29(5,6)7)25(23-16-12-13-21(4)18-23)26(33)30-19-22-14-10-9-11-15-22/h9-16,18,20,24-25H,8,17,19H2,1-7H3,(H,30,33)(H,31,35). The van der Waals surface area contributed by atoms with Crippen molar-refractivity contribution in [3.8, 4) is 0 Å². The number of nitrogens with one attached hydrogen (secondary N) is 2. The molecule has 36 heavy (non-hydrogen) atoms. The maximum absolute atomic E-state index is 13.9. The van der Waals surface area contributed by atoms with Gasteiger partial charge in [0.1, 0.15) is 17.7 Å². The number of hydrogen-bond donors (Lipinski definition) is 2. The molecular weight excluding hydrogens is 454 g/mol. The van der Waals surface area contributed by atoms with E-state index in [0.717, 1.165) is 16.7 Å². The highest BCUT2D eigenvalue weighted by molar-refractivity contribution is 5.92. The van der Waals surface area contributed by atoms with Gasteiger partial charge in [-0.05, 0) is 51.2 Å². The molecule has 3 amide bonds. The van der Waals surface area contributed by atoms with Gasteiger partial charge in [-0.15, -0.1) is 0 Å². The number of benzene rings is 2. The van der Waals surface area contributed by atoms with E-state index in [1.165, 1.54) is 0 Å². The maximum Gasteiger partial charge on any atom is 0.408 e. The number of aryl methyl sites for hydroxylation is 1. The van der Waals surface area contributed by atoms with Crippen molar-refractivity contribution in [2.75, 3.05) is 6.54 Å². The average molecular weight is 496 g/mol. The number of nitrogens with zero attached hydrogens (tertiary/aromatic N) is 1. The molecule has 0 spiro atoms. The van der Waals surface area contributed by atoms with Gasteiger partial charge in [0.05, 0.1) is 0 Å². The van der Waals surface area contributed by atoms with Crippen molar-refractivity contribution in [1.82, 2.24) is 15.5 Å². The number of alkyl carbamates (subject to hydrolysis) is 1. The topological polar surface area (TPSA) is 87.7 Å². The van der Waals surface area contributed by atoms with E-state index in [-0.39, 0.29) is 17.7 Å². The molecule has 0 aromatic heterocycles. The Morgan fingerprint density at radius 2 is 1.67 bits per heavy atom. The Morgan fingerprint density at radius 3 is 2.22 bits per heavy atom. The summed E-state index contributed by atoms with van der Waals surface area (Å²) < 4.78 is 5.40. The monoisotopic (exact) mass is 495 g/mol. The number of hydrogen-bond acceptors (Lipinski definition) is 4. The van der Waals surface area contributed by atoms with Gasteiger partial charge in [-0.1, -0.05) is 80.9 Å². The zero-order valence-electron chi connectivity index (χ0n) is 22.6. The summed E-state index contributed by atoms with van der Waals surface area (Å²) in [5.41, 5.74) is 1.99. The van der Waals surface area contributed by atoms with Gasteiger partial charge in [-0.2, -0.15) is 0 Å². The Morgan fingerprint density at radius 1 is 1.00 bits per heavy atom. The van der Waals surface area contributed by atoms with E-state index >= 15 is 0 Å². The van der Waals surface area contributed by atoms with Crippen molar-refractivity contribution in [3.05, 3.63) is 71.3 Å². The SMILES string of the molecule is CCCN(C(=O)C(NC(=O)OC(C)(C)C)C(C)C)C(C(=O)NCc1ccccc1)c1cccc(C)c1. The van der Waals surface area contributed by atoms with Gasteiger partial charge in [0, 0.05) is 13.1 Å². The summed E-state index contributed by atoms with van der Waals surface area (Å²) in [6.45, 7) is 13.7. The second-order valence-corrected chi connectivity index (χ2v) is 10.4. The van der Waals surface area contributed by atoms with Crippen LogP contribution in [0.5, 0.6) is 0 Å². The summed E-state index contributed by atoms with van der Waals surface area (Å²) in [7, 11) is 0. The van der Waals surface area contributed by atoms with Crippen LogP contribution < -0.4 is 10.6 Å². The molecule has 0 fully saturated rings. The van der Waals surface area contributed by atoms with Gasteiger partial charge in [-0.3, -0.25) is 9.59 Å². The van der Waals surface area contributed by atoms with Crippen molar-refractivity contribution in [1.29, 1.82) is 0 Å². The first kappa shape index (κ1) is 28.9. The molecule has 2 aromatic carbocycles. The number of ether oxygens (including phenoxy) is 1. The van der Waals surface area contributed by atoms with E-state index in [1.807, 2.05) is 82.3 Å². The van der Waals surface area contributed by atoms with Gasteiger partial charge in [0.2, 0.25) is 11.8 Å². The van der Waals surface area contributed by atoms with Crippen LogP contribution in [0.2, 0.25) is 0 Å². The fraction of sp³-hybridized carbons (Fsp3) is 0.483. The molecular formula is C29H41N3O4. The summed E-state index contributed by atoms with van der Waals surface area (Å²) >= 11 is 0. The Bertz CT molecular complexity index is 1010. The summed E-state index contributed by atoms with van der Waals surface area (Å²) in [5.74, 6) is -0.806. The molecule has 0 bridgehead atoms. The van der Waals surface area contributed by atoms with Crippen LogP contribution in [0.15, 0.2) is 54.6 Å². The summed E-state index contributed by atoms with van der Waals surface area (Å²) in [4.78, 5) is 41.7. The fourth-order valence-corrected chi connectivity index (χ4v) is 3.93. The van der Waals surface area contributed by atoms with Crippen LogP contribution >= 0.6 is 0 Å². The van der Waals surface area contributed by atoms with Gasteiger partial charge in [-0.25, -0.2) is 4.79 Å². The third-order valence-electron chi connectivity index (χ3n) is 5.58. The molecule has 7 nitrogen and oxygen atoms in total. The van der Waals surface area contributed by atoms with Crippen molar-refractivity contribution < 1.29 is 19.1 Å². The van der Waals surface area contributed by atoms with Crippen LogP contribution in [0.4, 0.5) is 4.79 Å². The Balaban J connectivity index is 2.40. The van der Waals surface area contributed by atoms with Crippen molar-refractivity contribution in [2.45, 2.75) is 79.1 Å². The Kier molecular flexibility index (Phi) is 10.5. The maximum atomic E-state index is 13.9. The Labute approximate surface area is 215 Å². The lowest BCUT2D eigenvalue weighted by atomic mass is 9.97. The zero-order valence-corrected chi connectivity index (χ0v) is 22.6. The predicted molar refractivity (Wildman–Crippen MR) is 142 cm³/mol. The smallest absolute Gasteiger partial charge is 0.408 e. The number of rotatable bonds is 10. The lowest BCUT2D eigenvalue weighted by Gasteiger charge is -2.35. The molecule has 196 valence electrons. The van der Waals surface area contributed by atoms with Crippen molar-refractivity contribution >= 4 is 17.9 Å². The van der Waals surface area contributed by atoms with Crippen molar-refractivity contribution in [3.63, 3.8) is 0 Å². The van der Waals surface area contributed by atoms with Crippen LogP contribution in [0.3, 0.4) is 0 Å². The third kappa shape index (κ3) is 8.70. The normalized spacial score (nSPS) is 13.0. The first-order chi connectivity index (χ1) is 16.9. The molecule has 0 saturated heterocycles. The number of carbonyl (C=O) groups is 3. The van der Waals surface area contributed by atoms with Gasteiger partial charge in [0.15, 0.2) is 0 Å². The highest BCUT2D eigenvalue weighted by atomic mass is 16.6. The molecule has 2 unspecified atom stereocenters. The zero-order chi connectivity index (χ0) is 26.9. The molecule has 2 N–H and O–H groups in total. The molecule has 0 aliphatic carbocycles. The molecule has 0 saturated carbocycles.